The molecule has 0 unspecified atom stereocenters. The zero-order valence-corrected chi connectivity index (χ0v) is 10.9. The van der Waals surface area contributed by atoms with Gasteiger partial charge in [0.15, 0.2) is 0 Å². The molecule has 0 aromatic heterocycles. The monoisotopic (exact) mass is 250 g/mol. The van der Waals surface area contributed by atoms with Gasteiger partial charge in [-0.15, -0.1) is 0 Å². The number of ether oxygens (including phenoxy) is 1. The Labute approximate surface area is 113 Å². The Morgan fingerprint density at radius 1 is 1.05 bits per heavy atom. The molecule has 0 N–H and O–H groups in total. The third-order valence-corrected chi connectivity index (χ3v) is 2.62. The van der Waals surface area contributed by atoms with Gasteiger partial charge >= 0.3 is 5.97 Å². The molecule has 0 atom stereocenters. The molecule has 0 radical (unpaired) electrons. The number of benzene rings is 2. The summed E-state index contributed by atoms with van der Waals surface area (Å²) in [6, 6.07) is 15.0. The minimum absolute atomic E-state index is 0.546. The number of hydrogen-bond donors (Lipinski definition) is 0. The molecule has 2 aromatic rings. The Morgan fingerprint density at radius 2 is 1.79 bits per heavy atom. The van der Waals surface area contributed by atoms with Crippen LogP contribution in [0.25, 0.3) is 0 Å². The minimum Gasteiger partial charge on any atom is -0.417 e. The van der Waals surface area contributed by atoms with Gasteiger partial charge in [0.1, 0.15) is 5.75 Å². The summed E-state index contributed by atoms with van der Waals surface area (Å²) in [5.41, 5.74) is 2.85. The van der Waals surface area contributed by atoms with Crippen LogP contribution in [0.4, 0.5) is 0 Å². The molecule has 2 nitrogen and oxygen atoms in total. The molecule has 0 amide bonds. The molecular formula is C17H14O2. The summed E-state index contributed by atoms with van der Waals surface area (Å²) in [4.78, 5) is 11.6. The lowest BCUT2D eigenvalue weighted by Gasteiger charge is -2.04. The number of hydrogen-bond acceptors (Lipinski definition) is 2. The van der Waals surface area contributed by atoms with Crippen LogP contribution in [0, 0.1) is 25.7 Å². The third kappa shape index (κ3) is 3.72. The lowest BCUT2D eigenvalue weighted by atomic mass is 10.1. The van der Waals surface area contributed by atoms with Crippen molar-refractivity contribution in [1.82, 2.24) is 0 Å². The average Bonchev–Trinajstić information content (AvgIpc) is 2.41. The molecule has 0 bridgehead atoms. The molecule has 0 aliphatic heterocycles. The summed E-state index contributed by atoms with van der Waals surface area (Å²) in [6.45, 7) is 3.90. The molecule has 0 fully saturated rings. The Balaban J connectivity index is 2.08. The van der Waals surface area contributed by atoms with Crippen molar-refractivity contribution in [3.63, 3.8) is 0 Å². The zero-order valence-electron chi connectivity index (χ0n) is 10.9. The molecule has 0 heterocycles. The average molecular weight is 250 g/mol. The van der Waals surface area contributed by atoms with E-state index >= 15 is 0 Å². The second-order valence-electron chi connectivity index (χ2n) is 4.27. The van der Waals surface area contributed by atoms with Gasteiger partial charge in [-0.3, -0.25) is 0 Å². The van der Waals surface area contributed by atoms with Crippen molar-refractivity contribution >= 4 is 5.97 Å². The van der Waals surface area contributed by atoms with Crippen molar-refractivity contribution in [1.29, 1.82) is 0 Å². The zero-order chi connectivity index (χ0) is 13.7. The maximum atomic E-state index is 11.6. The van der Waals surface area contributed by atoms with E-state index in [9.17, 15) is 4.79 Å². The molecule has 2 rings (SSSR count). The predicted molar refractivity (Wildman–Crippen MR) is 74.9 cm³/mol. The number of carbonyl (C=O) groups excluding carboxylic acids is 1. The quantitative estimate of drug-likeness (QED) is 0.441. The van der Waals surface area contributed by atoms with Gasteiger partial charge in [-0.05, 0) is 37.6 Å². The first-order valence-corrected chi connectivity index (χ1v) is 6.01. The highest BCUT2D eigenvalue weighted by Crippen LogP contribution is 2.18. The van der Waals surface area contributed by atoms with E-state index in [0.29, 0.717) is 5.75 Å². The van der Waals surface area contributed by atoms with Crippen molar-refractivity contribution in [2.75, 3.05) is 0 Å². The largest absolute Gasteiger partial charge is 0.417 e. The minimum atomic E-state index is -0.546. The van der Waals surface area contributed by atoms with Crippen LogP contribution in [0.15, 0.2) is 48.5 Å². The molecule has 0 saturated carbocycles. The number of aryl methyl sites for hydroxylation is 2. The van der Waals surface area contributed by atoms with Crippen molar-refractivity contribution in [2.24, 2.45) is 0 Å². The summed E-state index contributed by atoms with van der Waals surface area (Å²) in [5.74, 6) is 5.26. The molecule has 19 heavy (non-hydrogen) atoms. The van der Waals surface area contributed by atoms with E-state index in [0.717, 1.165) is 16.7 Å². The van der Waals surface area contributed by atoms with E-state index in [-0.39, 0.29) is 0 Å². The highest BCUT2D eigenvalue weighted by Gasteiger charge is 2.04. The van der Waals surface area contributed by atoms with E-state index in [1.165, 1.54) is 0 Å². The molecular weight excluding hydrogens is 236 g/mol. The topological polar surface area (TPSA) is 26.3 Å². The van der Waals surface area contributed by atoms with E-state index in [4.69, 9.17) is 4.74 Å². The SMILES string of the molecule is Cc1ccc(OC(=O)C#Cc2ccccc2)c(C)c1. The van der Waals surface area contributed by atoms with E-state index in [1.807, 2.05) is 56.3 Å². The first kappa shape index (κ1) is 12.9. The molecule has 0 saturated heterocycles. The van der Waals surface area contributed by atoms with E-state index < -0.39 is 5.97 Å². The van der Waals surface area contributed by atoms with Gasteiger partial charge in [-0.2, -0.15) is 0 Å². The van der Waals surface area contributed by atoms with Crippen molar-refractivity contribution in [3.05, 3.63) is 65.2 Å². The van der Waals surface area contributed by atoms with Gasteiger partial charge < -0.3 is 4.74 Å². The van der Waals surface area contributed by atoms with Gasteiger partial charge in [0.05, 0.1) is 0 Å². The van der Waals surface area contributed by atoms with Gasteiger partial charge in [-0.25, -0.2) is 4.79 Å². The van der Waals surface area contributed by atoms with Crippen LogP contribution in [0.1, 0.15) is 16.7 Å². The summed E-state index contributed by atoms with van der Waals surface area (Å²) < 4.78 is 5.21. The van der Waals surface area contributed by atoms with Crippen LogP contribution in [-0.2, 0) is 4.79 Å². The maximum absolute atomic E-state index is 11.6. The fourth-order valence-corrected chi connectivity index (χ4v) is 1.68. The van der Waals surface area contributed by atoms with Crippen molar-refractivity contribution in [2.45, 2.75) is 13.8 Å². The Kier molecular flexibility index (Phi) is 4.00. The van der Waals surface area contributed by atoms with Gasteiger partial charge in [0, 0.05) is 11.5 Å². The van der Waals surface area contributed by atoms with Gasteiger partial charge in [-0.1, -0.05) is 41.8 Å². The molecule has 2 aromatic carbocycles. The van der Waals surface area contributed by atoms with Crippen LogP contribution in [0.5, 0.6) is 5.75 Å². The Bertz CT molecular complexity index is 646. The summed E-state index contributed by atoms with van der Waals surface area (Å²) in [6.07, 6.45) is 0. The summed E-state index contributed by atoms with van der Waals surface area (Å²) in [5, 5.41) is 0. The standard InChI is InChI=1S/C17H14O2/c1-13-8-10-16(14(2)12-13)19-17(18)11-9-15-6-4-3-5-7-15/h3-8,10,12H,1-2H3. The van der Waals surface area contributed by atoms with Gasteiger partial charge in [0.2, 0.25) is 0 Å². The Hall–Kier alpha value is -2.53. The predicted octanol–water partition coefficient (Wildman–Crippen LogP) is 3.26. The van der Waals surface area contributed by atoms with Crippen LogP contribution in [-0.4, -0.2) is 5.97 Å². The molecule has 0 aliphatic carbocycles. The normalized spacial score (nSPS) is 9.37. The number of carbonyl (C=O) groups is 1. The fourth-order valence-electron chi connectivity index (χ4n) is 1.68. The molecule has 0 aliphatic rings. The summed E-state index contributed by atoms with van der Waals surface area (Å²) in [7, 11) is 0. The smallest absolute Gasteiger partial charge is 0.390 e. The first-order chi connectivity index (χ1) is 9.15. The van der Waals surface area contributed by atoms with Crippen LogP contribution < -0.4 is 4.74 Å². The first-order valence-electron chi connectivity index (χ1n) is 6.01. The van der Waals surface area contributed by atoms with Gasteiger partial charge in [0.25, 0.3) is 0 Å². The maximum Gasteiger partial charge on any atom is 0.390 e. The highest BCUT2D eigenvalue weighted by molar-refractivity contribution is 5.91. The number of rotatable bonds is 1. The Morgan fingerprint density at radius 3 is 2.47 bits per heavy atom. The van der Waals surface area contributed by atoms with Crippen LogP contribution in [0.2, 0.25) is 0 Å². The lowest BCUT2D eigenvalue weighted by molar-refractivity contribution is -0.128. The van der Waals surface area contributed by atoms with E-state index in [1.54, 1.807) is 6.07 Å². The molecule has 94 valence electrons. The van der Waals surface area contributed by atoms with E-state index in [2.05, 4.69) is 11.8 Å². The van der Waals surface area contributed by atoms with Crippen LogP contribution >= 0.6 is 0 Å². The second kappa shape index (κ2) is 5.88. The summed E-state index contributed by atoms with van der Waals surface area (Å²) >= 11 is 0. The van der Waals surface area contributed by atoms with Crippen molar-refractivity contribution in [3.8, 4) is 17.6 Å². The molecule has 0 spiro atoms. The fraction of sp³-hybridized carbons (Fsp3) is 0.118. The highest BCUT2D eigenvalue weighted by atomic mass is 16.5. The third-order valence-electron chi connectivity index (χ3n) is 2.62. The lowest BCUT2D eigenvalue weighted by Crippen LogP contribution is -2.05. The number of esters is 1. The molecule has 2 heteroatoms. The van der Waals surface area contributed by atoms with Crippen LogP contribution in [0.3, 0.4) is 0 Å². The van der Waals surface area contributed by atoms with Crippen molar-refractivity contribution < 1.29 is 9.53 Å². The second-order valence-corrected chi connectivity index (χ2v) is 4.27.